The van der Waals surface area contributed by atoms with Crippen molar-refractivity contribution in [3.05, 3.63) is 36.2 Å². The molecule has 5 heteroatoms. The van der Waals surface area contributed by atoms with Gasteiger partial charge in [0.25, 0.3) is 0 Å². The average molecular weight is 292 g/mol. The third-order valence-corrected chi connectivity index (χ3v) is 4.15. The largest absolute Gasteiger partial charge is 0.496 e. The maximum Gasteiger partial charge on any atom is 0.173 e. The molecule has 1 saturated carbocycles. The first kappa shape index (κ1) is 14.0. The standard InChI is InChI=1S/C16H18F2N2O/c1-21-13-7-6-12(17)15(18)14(13)16-19-8-9-20(16)10-11-4-2-3-5-11/h6-9,11H,2-5,10H2,1H3. The van der Waals surface area contributed by atoms with E-state index >= 15 is 0 Å². The van der Waals surface area contributed by atoms with E-state index < -0.39 is 11.6 Å². The molecular formula is C16H18F2N2O. The van der Waals surface area contributed by atoms with Gasteiger partial charge in [0.05, 0.1) is 12.7 Å². The first-order valence-electron chi connectivity index (χ1n) is 7.24. The summed E-state index contributed by atoms with van der Waals surface area (Å²) >= 11 is 0. The molecule has 0 bridgehead atoms. The minimum Gasteiger partial charge on any atom is -0.496 e. The molecule has 3 rings (SSSR count). The molecule has 0 unspecified atom stereocenters. The molecule has 1 aliphatic carbocycles. The summed E-state index contributed by atoms with van der Waals surface area (Å²) < 4.78 is 34.8. The van der Waals surface area contributed by atoms with E-state index in [1.165, 1.54) is 38.9 Å². The smallest absolute Gasteiger partial charge is 0.173 e. The Bertz CT molecular complexity index is 633. The number of halogens is 2. The fraction of sp³-hybridized carbons (Fsp3) is 0.438. The Labute approximate surface area is 122 Å². The number of ether oxygens (including phenoxy) is 1. The lowest BCUT2D eigenvalue weighted by Crippen LogP contribution is -2.09. The Balaban J connectivity index is 2.01. The van der Waals surface area contributed by atoms with Gasteiger partial charge in [-0.3, -0.25) is 0 Å². The van der Waals surface area contributed by atoms with E-state index in [0.717, 1.165) is 12.6 Å². The molecule has 0 amide bonds. The summed E-state index contributed by atoms with van der Waals surface area (Å²) in [5.41, 5.74) is 0.0977. The summed E-state index contributed by atoms with van der Waals surface area (Å²) in [7, 11) is 1.44. The molecule has 3 nitrogen and oxygen atoms in total. The highest BCUT2D eigenvalue weighted by atomic mass is 19.2. The van der Waals surface area contributed by atoms with Crippen molar-refractivity contribution < 1.29 is 13.5 Å². The second-order valence-corrected chi connectivity index (χ2v) is 5.49. The van der Waals surface area contributed by atoms with Crippen LogP contribution in [0.3, 0.4) is 0 Å². The van der Waals surface area contributed by atoms with Gasteiger partial charge >= 0.3 is 0 Å². The lowest BCUT2D eigenvalue weighted by molar-refractivity contribution is 0.406. The zero-order chi connectivity index (χ0) is 14.8. The minimum atomic E-state index is -0.909. The quantitative estimate of drug-likeness (QED) is 0.850. The van der Waals surface area contributed by atoms with Gasteiger partial charge in [-0.25, -0.2) is 13.8 Å². The van der Waals surface area contributed by atoms with Crippen molar-refractivity contribution >= 4 is 0 Å². The number of rotatable bonds is 4. The van der Waals surface area contributed by atoms with Crippen molar-refractivity contribution in [1.82, 2.24) is 9.55 Å². The van der Waals surface area contributed by atoms with E-state index in [9.17, 15) is 8.78 Å². The molecule has 21 heavy (non-hydrogen) atoms. The second kappa shape index (κ2) is 5.84. The zero-order valence-electron chi connectivity index (χ0n) is 12.0. The van der Waals surface area contributed by atoms with Crippen molar-refractivity contribution in [1.29, 1.82) is 0 Å². The SMILES string of the molecule is COc1ccc(F)c(F)c1-c1nccn1CC1CCCC1. The molecule has 0 radical (unpaired) electrons. The number of nitrogens with zero attached hydrogens (tertiary/aromatic N) is 2. The van der Waals surface area contributed by atoms with E-state index in [2.05, 4.69) is 4.98 Å². The highest BCUT2D eigenvalue weighted by Crippen LogP contribution is 2.34. The van der Waals surface area contributed by atoms with Gasteiger partial charge in [0, 0.05) is 18.9 Å². The van der Waals surface area contributed by atoms with Crippen LogP contribution in [-0.4, -0.2) is 16.7 Å². The Morgan fingerprint density at radius 1 is 1.29 bits per heavy atom. The van der Waals surface area contributed by atoms with Gasteiger partial charge in [0.2, 0.25) is 0 Å². The topological polar surface area (TPSA) is 27.1 Å². The predicted molar refractivity (Wildman–Crippen MR) is 76.1 cm³/mol. The number of aromatic nitrogens is 2. The molecule has 1 heterocycles. The van der Waals surface area contributed by atoms with Crippen LogP contribution in [0.15, 0.2) is 24.5 Å². The highest BCUT2D eigenvalue weighted by molar-refractivity contribution is 5.65. The van der Waals surface area contributed by atoms with Crippen molar-refractivity contribution in [3.63, 3.8) is 0 Å². The van der Waals surface area contributed by atoms with Gasteiger partial charge in [-0.05, 0) is 30.9 Å². The lowest BCUT2D eigenvalue weighted by Gasteiger charge is -2.15. The third-order valence-electron chi connectivity index (χ3n) is 4.15. The Morgan fingerprint density at radius 2 is 2.05 bits per heavy atom. The Hall–Kier alpha value is -1.91. The van der Waals surface area contributed by atoms with E-state index in [0.29, 0.717) is 17.5 Å². The number of imidazole rings is 1. The summed E-state index contributed by atoms with van der Waals surface area (Å²) in [6.07, 6.45) is 8.28. The number of benzene rings is 1. The number of hydrogen-bond donors (Lipinski definition) is 0. The minimum absolute atomic E-state index is 0.0977. The van der Waals surface area contributed by atoms with Crippen LogP contribution < -0.4 is 4.74 Å². The molecule has 0 N–H and O–H groups in total. The van der Waals surface area contributed by atoms with Crippen molar-refractivity contribution in [2.45, 2.75) is 32.2 Å². The molecule has 1 fully saturated rings. The van der Waals surface area contributed by atoms with E-state index in [4.69, 9.17) is 4.74 Å². The normalized spacial score (nSPS) is 15.6. The van der Waals surface area contributed by atoms with Gasteiger partial charge in [0.1, 0.15) is 11.6 Å². The van der Waals surface area contributed by atoms with Crippen molar-refractivity contribution in [2.24, 2.45) is 5.92 Å². The van der Waals surface area contributed by atoms with E-state index in [1.807, 2.05) is 10.8 Å². The molecule has 1 aromatic carbocycles. The summed E-state index contributed by atoms with van der Waals surface area (Å²) in [6, 6.07) is 2.50. The highest BCUT2D eigenvalue weighted by Gasteiger charge is 2.22. The van der Waals surface area contributed by atoms with Crippen molar-refractivity contribution in [2.75, 3.05) is 7.11 Å². The first-order valence-corrected chi connectivity index (χ1v) is 7.24. The summed E-state index contributed by atoms with van der Waals surface area (Å²) in [6.45, 7) is 0.786. The average Bonchev–Trinajstić information content (AvgIpc) is 3.14. The van der Waals surface area contributed by atoms with Crippen LogP contribution in [0.25, 0.3) is 11.4 Å². The van der Waals surface area contributed by atoms with E-state index in [-0.39, 0.29) is 5.56 Å². The maximum atomic E-state index is 14.2. The lowest BCUT2D eigenvalue weighted by atomic mass is 10.1. The molecule has 0 atom stereocenters. The summed E-state index contributed by atoms with van der Waals surface area (Å²) in [5.74, 6) is -0.487. The van der Waals surface area contributed by atoms with Crippen LogP contribution in [0.5, 0.6) is 5.75 Å². The maximum absolute atomic E-state index is 14.2. The van der Waals surface area contributed by atoms with Crippen LogP contribution in [0, 0.1) is 17.6 Å². The number of hydrogen-bond acceptors (Lipinski definition) is 2. The molecule has 1 aliphatic rings. The van der Waals surface area contributed by atoms with Gasteiger partial charge in [-0.2, -0.15) is 0 Å². The molecule has 112 valence electrons. The van der Waals surface area contributed by atoms with Crippen LogP contribution in [0.1, 0.15) is 25.7 Å². The van der Waals surface area contributed by atoms with Crippen LogP contribution >= 0.6 is 0 Å². The molecule has 0 saturated heterocycles. The van der Waals surface area contributed by atoms with Crippen LogP contribution in [0.2, 0.25) is 0 Å². The predicted octanol–water partition coefficient (Wildman–Crippen LogP) is 4.03. The Morgan fingerprint density at radius 3 is 2.76 bits per heavy atom. The fourth-order valence-electron chi connectivity index (χ4n) is 3.07. The summed E-state index contributed by atoms with van der Waals surface area (Å²) in [4.78, 5) is 4.22. The second-order valence-electron chi connectivity index (χ2n) is 5.49. The van der Waals surface area contributed by atoms with E-state index in [1.54, 1.807) is 6.20 Å². The first-order chi connectivity index (χ1) is 10.2. The van der Waals surface area contributed by atoms with Gasteiger partial charge in [-0.1, -0.05) is 12.8 Å². The Kier molecular flexibility index (Phi) is 3.90. The molecule has 0 aliphatic heterocycles. The summed E-state index contributed by atoms with van der Waals surface area (Å²) in [5, 5.41) is 0. The monoisotopic (exact) mass is 292 g/mol. The number of methoxy groups -OCH3 is 1. The van der Waals surface area contributed by atoms with Crippen molar-refractivity contribution in [3.8, 4) is 17.1 Å². The van der Waals surface area contributed by atoms with Gasteiger partial charge < -0.3 is 9.30 Å². The van der Waals surface area contributed by atoms with Gasteiger partial charge in [-0.15, -0.1) is 0 Å². The molecule has 1 aromatic heterocycles. The van der Waals surface area contributed by atoms with Crippen LogP contribution in [0.4, 0.5) is 8.78 Å². The van der Waals surface area contributed by atoms with Gasteiger partial charge in [0.15, 0.2) is 11.6 Å². The molecule has 0 spiro atoms. The van der Waals surface area contributed by atoms with Crippen LogP contribution in [-0.2, 0) is 6.54 Å². The fourth-order valence-corrected chi connectivity index (χ4v) is 3.07. The third kappa shape index (κ3) is 2.64. The molecular weight excluding hydrogens is 274 g/mol. The zero-order valence-corrected chi connectivity index (χ0v) is 12.0. The molecule has 2 aromatic rings.